The number of pyridine rings is 1. The van der Waals surface area contributed by atoms with Crippen LogP contribution in [0.15, 0.2) is 60.1 Å². The van der Waals surface area contributed by atoms with Gasteiger partial charge in [0.25, 0.3) is 0 Å². The van der Waals surface area contributed by atoms with Crippen LogP contribution in [-0.4, -0.2) is 28.5 Å². The van der Waals surface area contributed by atoms with Gasteiger partial charge in [0.15, 0.2) is 5.65 Å². The average molecular weight is 333 g/mol. The third kappa shape index (κ3) is 3.35. The molecule has 6 N–H and O–H groups in total. The van der Waals surface area contributed by atoms with Crippen LogP contribution in [0.2, 0.25) is 0 Å². The van der Waals surface area contributed by atoms with Crippen molar-refractivity contribution < 1.29 is 0 Å². The summed E-state index contributed by atoms with van der Waals surface area (Å²) in [6, 6.07) is 7.51. The number of rotatable bonds is 5. The summed E-state index contributed by atoms with van der Waals surface area (Å²) in [4.78, 5) is 8.79. The Bertz CT molecular complexity index is 982. The molecule has 0 bridgehead atoms. The van der Waals surface area contributed by atoms with E-state index in [4.69, 9.17) is 16.9 Å². The van der Waals surface area contributed by atoms with Crippen LogP contribution in [0, 0.1) is 5.41 Å². The number of nitrogens with two attached hydrogens (primary N) is 2. The monoisotopic (exact) mass is 333 g/mol. The van der Waals surface area contributed by atoms with E-state index in [9.17, 15) is 0 Å². The number of imidazole rings is 1. The Morgan fingerprint density at radius 1 is 1.32 bits per heavy atom. The molecule has 0 aliphatic heterocycles. The Morgan fingerprint density at radius 3 is 2.88 bits per heavy atom. The second-order valence-electron chi connectivity index (χ2n) is 5.42. The number of nitrogen functional groups attached to an aromatic ring is 1. The van der Waals surface area contributed by atoms with Crippen molar-refractivity contribution in [3.63, 3.8) is 0 Å². The number of nitrogens with zero attached hydrogens (tertiary/aromatic N) is 3. The third-order valence-electron chi connectivity index (χ3n) is 3.71. The molecule has 2 heterocycles. The van der Waals surface area contributed by atoms with E-state index in [1.807, 2.05) is 41.1 Å². The van der Waals surface area contributed by atoms with Crippen molar-refractivity contribution in [1.29, 1.82) is 5.41 Å². The van der Waals surface area contributed by atoms with Gasteiger partial charge in [-0.25, -0.2) is 9.98 Å². The van der Waals surface area contributed by atoms with E-state index >= 15 is 0 Å². The molecule has 7 heteroatoms. The first kappa shape index (κ1) is 16.3. The molecule has 2 aromatic heterocycles. The maximum absolute atomic E-state index is 7.35. The lowest BCUT2D eigenvalue weighted by atomic mass is 10.0. The molecule has 25 heavy (non-hydrogen) atoms. The van der Waals surface area contributed by atoms with Gasteiger partial charge in [-0.15, -0.1) is 0 Å². The molecule has 0 unspecified atom stereocenters. The summed E-state index contributed by atoms with van der Waals surface area (Å²) >= 11 is 0. The Labute approximate surface area is 145 Å². The van der Waals surface area contributed by atoms with Crippen molar-refractivity contribution in [3.8, 4) is 11.1 Å². The summed E-state index contributed by atoms with van der Waals surface area (Å²) in [5, 5.41) is 10.2. The van der Waals surface area contributed by atoms with Crippen molar-refractivity contribution in [2.24, 2.45) is 10.7 Å². The molecule has 126 valence electrons. The first-order chi connectivity index (χ1) is 12.1. The van der Waals surface area contributed by atoms with Crippen molar-refractivity contribution >= 4 is 29.1 Å². The number of hydrogen-bond acceptors (Lipinski definition) is 5. The summed E-state index contributed by atoms with van der Waals surface area (Å²) in [5.74, 6) is 0.370. The van der Waals surface area contributed by atoms with Crippen molar-refractivity contribution in [3.05, 3.63) is 60.7 Å². The molecule has 0 fully saturated rings. The maximum atomic E-state index is 7.35. The van der Waals surface area contributed by atoms with Crippen LogP contribution >= 0.6 is 0 Å². The van der Waals surface area contributed by atoms with Gasteiger partial charge in [-0.05, 0) is 30.0 Å². The van der Waals surface area contributed by atoms with Crippen LogP contribution in [0.1, 0.15) is 5.56 Å². The molecule has 0 spiro atoms. The Morgan fingerprint density at radius 2 is 2.16 bits per heavy atom. The van der Waals surface area contributed by atoms with Gasteiger partial charge in [0, 0.05) is 48.7 Å². The summed E-state index contributed by atoms with van der Waals surface area (Å²) in [6.07, 6.45) is 10.2. The molecule has 0 saturated carbocycles. The van der Waals surface area contributed by atoms with E-state index in [1.165, 1.54) is 6.21 Å². The van der Waals surface area contributed by atoms with Crippen LogP contribution < -0.4 is 16.8 Å². The number of nitrogens with one attached hydrogen (secondary N) is 2. The lowest BCUT2D eigenvalue weighted by Gasteiger charge is -2.08. The summed E-state index contributed by atoms with van der Waals surface area (Å²) < 4.78 is 1.89. The van der Waals surface area contributed by atoms with Crippen molar-refractivity contribution in [1.82, 2.24) is 14.7 Å². The number of hydrogen-bond donors (Lipinski definition) is 4. The summed E-state index contributed by atoms with van der Waals surface area (Å²) in [7, 11) is 1.79. The van der Waals surface area contributed by atoms with Gasteiger partial charge in [-0.1, -0.05) is 12.1 Å². The SMILES string of the molecule is CN/C=C\C(N)=Nc1cc(-c2ccc(C=N)c(N)c2)cn2ccnc12. The van der Waals surface area contributed by atoms with E-state index in [0.29, 0.717) is 28.4 Å². The molecule has 3 rings (SSSR count). The maximum Gasteiger partial charge on any atom is 0.162 e. The second-order valence-corrected chi connectivity index (χ2v) is 5.42. The van der Waals surface area contributed by atoms with Crippen LogP contribution in [-0.2, 0) is 0 Å². The number of benzene rings is 1. The zero-order valence-electron chi connectivity index (χ0n) is 13.8. The highest BCUT2D eigenvalue weighted by atomic mass is 15.0. The van der Waals surface area contributed by atoms with E-state index in [2.05, 4.69) is 15.3 Å². The van der Waals surface area contributed by atoms with E-state index < -0.39 is 0 Å². The minimum Gasteiger partial charge on any atom is -0.398 e. The fourth-order valence-electron chi connectivity index (χ4n) is 2.49. The van der Waals surface area contributed by atoms with E-state index in [1.54, 1.807) is 25.5 Å². The molecule has 0 atom stereocenters. The molecular formula is C18H19N7. The molecule has 7 nitrogen and oxygen atoms in total. The number of anilines is 1. The zero-order valence-corrected chi connectivity index (χ0v) is 13.8. The topological polar surface area (TPSA) is 118 Å². The lowest BCUT2D eigenvalue weighted by Crippen LogP contribution is -2.08. The Balaban J connectivity index is 2.13. The van der Waals surface area contributed by atoms with Gasteiger partial charge in [0.2, 0.25) is 0 Å². The van der Waals surface area contributed by atoms with Crippen LogP contribution in [0.5, 0.6) is 0 Å². The smallest absolute Gasteiger partial charge is 0.162 e. The quantitative estimate of drug-likeness (QED) is 0.325. The molecule has 1 aromatic carbocycles. The normalized spacial score (nSPS) is 12.0. The fourth-order valence-corrected chi connectivity index (χ4v) is 2.49. The van der Waals surface area contributed by atoms with E-state index in [0.717, 1.165) is 11.1 Å². The highest BCUT2D eigenvalue weighted by Gasteiger charge is 2.08. The predicted molar refractivity (Wildman–Crippen MR) is 102 cm³/mol. The van der Waals surface area contributed by atoms with Crippen molar-refractivity contribution in [2.75, 3.05) is 12.8 Å². The van der Waals surface area contributed by atoms with Crippen LogP contribution in [0.25, 0.3) is 16.8 Å². The highest BCUT2D eigenvalue weighted by molar-refractivity contribution is 5.95. The molecule has 3 aromatic rings. The molecule has 0 amide bonds. The molecule has 0 aliphatic carbocycles. The molecular weight excluding hydrogens is 314 g/mol. The highest BCUT2D eigenvalue weighted by Crippen LogP contribution is 2.29. The predicted octanol–water partition coefficient (Wildman–Crippen LogP) is 2.30. The Kier molecular flexibility index (Phi) is 4.47. The first-order valence-electron chi connectivity index (χ1n) is 7.67. The largest absolute Gasteiger partial charge is 0.398 e. The summed E-state index contributed by atoms with van der Waals surface area (Å²) in [5.41, 5.74) is 16.4. The molecule has 0 aliphatic rings. The third-order valence-corrected chi connectivity index (χ3v) is 3.71. The lowest BCUT2D eigenvalue weighted by molar-refractivity contribution is 1.10. The summed E-state index contributed by atoms with van der Waals surface area (Å²) in [6.45, 7) is 0. The Hall–Kier alpha value is -3.61. The molecule has 0 saturated heterocycles. The van der Waals surface area contributed by atoms with Gasteiger partial charge in [-0.3, -0.25) is 0 Å². The van der Waals surface area contributed by atoms with Gasteiger partial charge in [0.05, 0.1) is 0 Å². The van der Waals surface area contributed by atoms with Gasteiger partial charge in [-0.2, -0.15) is 0 Å². The standard InChI is InChI=1S/C18H19N7/c1-22-5-4-17(21)24-16-9-14(11-25-7-6-23-18(16)25)12-2-3-13(10-19)15(20)8-12/h2-11,19,22H,20H2,1H3,(H2,21,24)/b5-4-,19-10?. The van der Waals surface area contributed by atoms with Crippen molar-refractivity contribution in [2.45, 2.75) is 0 Å². The number of aliphatic imine (C=N–C) groups is 1. The number of aromatic nitrogens is 2. The van der Waals surface area contributed by atoms with Gasteiger partial charge < -0.3 is 26.6 Å². The number of amidine groups is 1. The van der Waals surface area contributed by atoms with Gasteiger partial charge in [0.1, 0.15) is 11.5 Å². The number of fused-ring (bicyclic) bond motifs is 1. The average Bonchev–Trinajstić information content (AvgIpc) is 3.08. The van der Waals surface area contributed by atoms with Crippen LogP contribution in [0.3, 0.4) is 0 Å². The zero-order chi connectivity index (χ0) is 17.8. The van der Waals surface area contributed by atoms with Crippen LogP contribution in [0.4, 0.5) is 11.4 Å². The molecule has 0 radical (unpaired) electrons. The van der Waals surface area contributed by atoms with E-state index in [-0.39, 0.29) is 0 Å². The fraction of sp³-hybridized carbons (Fsp3) is 0.0556. The minimum absolute atomic E-state index is 0.370. The first-order valence-corrected chi connectivity index (χ1v) is 7.67. The minimum atomic E-state index is 0.370. The second kappa shape index (κ2) is 6.88. The van der Waals surface area contributed by atoms with Gasteiger partial charge >= 0.3 is 0 Å².